The summed E-state index contributed by atoms with van der Waals surface area (Å²) in [5.41, 5.74) is 2.74. The van der Waals surface area contributed by atoms with Gasteiger partial charge in [0, 0.05) is 28.8 Å². The number of aromatic hydroxyl groups is 1. The number of nitro benzene ring substituents is 1. The van der Waals surface area contributed by atoms with Crippen LogP contribution in [0.1, 0.15) is 15.9 Å². The second kappa shape index (κ2) is 8.87. The quantitative estimate of drug-likeness (QED) is 0.177. The minimum atomic E-state index is -0.522. The summed E-state index contributed by atoms with van der Waals surface area (Å²) in [6.45, 7) is 0. The Morgan fingerprint density at radius 3 is 2.28 bits per heavy atom. The van der Waals surface area contributed by atoms with E-state index in [0.29, 0.717) is 27.5 Å². The van der Waals surface area contributed by atoms with Gasteiger partial charge in [-0.3, -0.25) is 14.9 Å². The van der Waals surface area contributed by atoms with Crippen LogP contribution in [0.3, 0.4) is 0 Å². The van der Waals surface area contributed by atoms with E-state index in [1.807, 2.05) is 30.3 Å². The first-order valence-electron chi connectivity index (χ1n) is 9.54. The molecule has 0 amide bonds. The number of carbonyl (C=O) groups excluding carboxylic acids is 1. The lowest BCUT2D eigenvalue weighted by molar-refractivity contribution is -0.384. The zero-order valence-corrected chi connectivity index (χ0v) is 17.3. The predicted octanol–water partition coefficient (Wildman–Crippen LogP) is 5.70. The van der Waals surface area contributed by atoms with Crippen molar-refractivity contribution in [2.75, 3.05) is 0 Å². The van der Waals surface area contributed by atoms with Crippen LogP contribution in [-0.4, -0.2) is 25.6 Å². The van der Waals surface area contributed by atoms with Crippen LogP contribution >= 0.6 is 11.6 Å². The Bertz CT molecular complexity index is 1310. The molecule has 1 heterocycles. The Morgan fingerprint density at radius 1 is 1.00 bits per heavy atom. The molecule has 0 saturated heterocycles. The van der Waals surface area contributed by atoms with Crippen molar-refractivity contribution in [1.82, 2.24) is 9.78 Å². The molecule has 0 bridgehead atoms. The van der Waals surface area contributed by atoms with Gasteiger partial charge < -0.3 is 5.11 Å². The summed E-state index contributed by atoms with van der Waals surface area (Å²) < 4.78 is 1.57. The van der Waals surface area contributed by atoms with Crippen LogP contribution in [0, 0.1) is 10.1 Å². The van der Waals surface area contributed by atoms with Crippen molar-refractivity contribution in [2.24, 2.45) is 0 Å². The number of para-hydroxylation sites is 1. The van der Waals surface area contributed by atoms with Crippen LogP contribution in [0.25, 0.3) is 23.0 Å². The molecule has 0 spiro atoms. The molecule has 0 aliphatic heterocycles. The van der Waals surface area contributed by atoms with Crippen LogP contribution in [0.4, 0.5) is 5.69 Å². The minimum absolute atomic E-state index is 0.0904. The highest BCUT2D eigenvalue weighted by Gasteiger charge is 2.18. The van der Waals surface area contributed by atoms with E-state index in [1.165, 1.54) is 30.3 Å². The average molecular weight is 446 g/mol. The normalized spacial score (nSPS) is 11.0. The Kier molecular flexibility index (Phi) is 5.83. The fourth-order valence-corrected chi connectivity index (χ4v) is 3.42. The van der Waals surface area contributed by atoms with Gasteiger partial charge in [0.25, 0.3) is 5.69 Å². The number of nitrogens with zero attached hydrogens (tertiary/aromatic N) is 3. The van der Waals surface area contributed by atoms with Gasteiger partial charge in [0.2, 0.25) is 0 Å². The second-order valence-corrected chi connectivity index (χ2v) is 7.21. The molecule has 1 aromatic heterocycles. The van der Waals surface area contributed by atoms with Crippen molar-refractivity contribution in [3.8, 4) is 22.7 Å². The first-order chi connectivity index (χ1) is 15.4. The molecular weight excluding hydrogens is 430 g/mol. The van der Waals surface area contributed by atoms with Gasteiger partial charge in [-0.15, -0.1) is 0 Å². The number of ketones is 1. The maximum atomic E-state index is 12.6. The van der Waals surface area contributed by atoms with E-state index < -0.39 is 4.92 Å². The molecule has 0 fully saturated rings. The van der Waals surface area contributed by atoms with Gasteiger partial charge in [-0.25, -0.2) is 4.68 Å². The molecule has 1 N–H and O–H groups in total. The fraction of sp³-hybridized carbons (Fsp3) is 0. The molecule has 0 atom stereocenters. The highest BCUT2D eigenvalue weighted by molar-refractivity contribution is 6.32. The Labute approximate surface area is 188 Å². The number of benzene rings is 3. The average Bonchev–Trinajstić information content (AvgIpc) is 3.14. The Morgan fingerprint density at radius 2 is 1.66 bits per heavy atom. The number of non-ortho nitro benzene ring substituents is 1. The smallest absolute Gasteiger partial charge is 0.269 e. The highest BCUT2D eigenvalue weighted by Crippen LogP contribution is 2.32. The predicted molar refractivity (Wildman–Crippen MR) is 122 cm³/mol. The van der Waals surface area contributed by atoms with E-state index in [2.05, 4.69) is 5.10 Å². The SMILES string of the molecule is O=C(/C=C/c1c(-c2ccc(O)cc2)nn(-c2ccccc2)c1Cl)c1ccc([N+](=O)[O-])cc1. The number of halogens is 1. The van der Waals surface area contributed by atoms with Crippen molar-refractivity contribution in [2.45, 2.75) is 0 Å². The highest BCUT2D eigenvalue weighted by atomic mass is 35.5. The molecule has 0 aliphatic rings. The lowest BCUT2D eigenvalue weighted by Gasteiger charge is -2.02. The molecule has 4 aromatic rings. The Balaban J connectivity index is 1.74. The van der Waals surface area contributed by atoms with E-state index in [-0.39, 0.29) is 17.2 Å². The summed E-state index contributed by atoms with van der Waals surface area (Å²) in [5, 5.41) is 25.4. The van der Waals surface area contributed by atoms with Crippen LogP contribution in [-0.2, 0) is 0 Å². The van der Waals surface area contributed by atoms with E-state index in [4.69, 9.17) is 11.6 Å². The van der Waals surface area contributed by atoms with Crippen molar-refractivity contribution in [3.63, 3.8) is 0 Å². The molecule has 7 nitrogen and oxygen atoms in total. The summed E-state index contributed by atoms with van der Waals surface area (Å²) in [6.07, 6.45) is 2.92. The fourth-order valence-electron chi connectivity index (χ4n) is 3.13. The van der Waals surface area contributed by atoms with Gasteiger partial charge in [-0.2, -0.15) is 5.10 Å². The van der Waals surface area contributed by atoms with E-state index in [9.17, 15) is 20.0 Å². The molecule has 32 heavy (non-hydrogen) atoms. The molecule has 0 radical (unpaired) electrons. The summed E-state index contributed by atoms with van der Waals surface area (Å²) in [7, 11) is 0. The lowest BCUT2D eigenvalue weighted by atomic mass is 10.1. The van der Waals surface area contributed by atoms with Gasteiger partial charge in [-0.1, -0.05) is 29.8 Å². The second-order valence-electron chi connectivity index (χ2n) is 6.85. The molecule has 158 valence electrons. The maximum absolute atomic E-state index is 12.6. The summed E-state index contributed by atoms with van der Waals surface area (Å²) in [4.78, 5) is 22.9. The number of hydrogen-bond acceptors (Lipinski definition) is 5. The van der Waals surface area contributed by atoms with E-state index in [0.717, 1.165) is 5.69 Å². The third kappa shape index (κ3) is 4.28. The van der Waals surface area contributed by atoms with Gasteiger partial charge in [-0.05, 0) is 60.7 Å². The van der Waals surface area contributed by atoms with E-state index in [1.54, 1.807) is 35.0 Å². The third-order valence-corrected chi connectivity index (χ3v) is 5.13. The first-order valence-corrected chi connectivity index (χ1v) is 9.92. The van der Waals surface area contributed by atoms with Gasteiger partial charge >= 0.3 is 0 Å². The largest absolute Gasteiger partial charge is 0.508 e. The molecule has 0 unspecified atom stereocenters. The number of nitro groups is 1. The molecule has 4 rings (SSSR count). The van der Waals surface area contributed by atoms with Crippen molar-refractivity contribution >= 4 is 29.1 Å². The topological polar surface area (TPSA) is 98.3 Å². The van der Waals surface area contributed by atoms with Crippen molar-refractivity contribution in [1.29, 1.82) is 0 Å². The number of rotatable bonds is 6. The maximum Gasteiger partial charge on any atom is 0.269 e. The number of phenolic OH excluding ortho intramolecular Hbond substituents is 1. The third-order valence-electron chi connectivity index (χ3n) is 4.77. The summed E-state index contributed by atoms with van der Waals surface area (Å²) in [5.74, 6) is -0.215. The number of carbonyl (C=O) groups is 1. The molecule has 3 aromatic carbocycles. The lowest BCUT2D eigenvalue weighted by Crippen LogP contribution is -1.96. The van der Waals surface area contributed by atoms with Crippen molar-refractivity contribution in [3.05, 3.63) is 111 Å². The first kappa shape index (κ1) is 21.0. The Hall–Kier alpha value is -4.23. The number of hydrogen-bond donors (Lipinski definition) is 1. The van der Waals surface area contributed by atoms with E-state index >= 15 is 0 Å². The molecule has 8 heteroatoms. The summed E-state index contributed by atoms with van der Waals surface area (Å²) in [6, 6.07) is 21.2. The van der Waals surface area contributed by atoms with Crippen LogP contribution < -0.4 is 0 Å². The molecule has 0 saturated carbocycles. The van der Waals surface area contributed by atoms with Gasteiger partial charge in [0.05, 0.1) is 10.6 Å². The monoisotopic (exact) mass is 445 g/mol. The van der Waals surface area contributed by atoms with Crippen LogP contribution in [0.15, 0.2) is 84.9 Å². The minimum Gasteiger partial charge on any atom is -0.508 e. The summed E-state index contributed by atoms with van der Waals surface area (Å²) >= 11 is 6.64. The molecule has 0 aliphatic carbocycles. The number of phenols is 1. The van der Waals surface area contributed by atoms with Gasteiger partial charge in [0.1, 0.15) is 16.6 Å². The number of aromatic nitrogens is 2. The van der Waals surface area contributed by atoms with Crippen LogP contribution in [0.5, 0.6) is 5.75 Å². The zero-order chi connectivity index (χ0) is 22.7. The van der Waals surface area contributed by atoms with Crippen LogP contribution in [0.2, 0.25) is 5.15 Å². The standard InChI is InChI=1S/C24H16ClN3O4/c25-24-21(14-15-22(30)16-6-10-19(11-7-16)28(31)32)23(17-8-12-20(29)13-9-17)26-27(24)18-4-2-1-3-5-18/h1-15,29H/b15-14+. The van der Waals surface area contributed by atoms with Gasteiger partial charge in [0.15, 0.2) is 5.78 Å². The zero-order valence-electron chi connectivity index (χ0n) is 16.6. The molecular formula is C24H16ClN3O4. The van der Waals surface area contributed by atoms with Crippen molar-refractivity contribution < 1.29 is 14.8 Å². The number of allylic oxidation sites excluding steroid dienone is 1.